The minimum Gasteiger partial charge on any atom is -0.396 e. The minimum absolute atomic E-state index is 0.313. The topological polar surface area (TPSA) is 36.4 Å². The molecule has 0 aliphatic carbocycles. The lowest BCUT2D eigenvalue weighted by Crippen LogP contribution is -2.33. The SMILES string of the molecule is OCCC1CCN(c2ccc(Cl)nc2)CC1. The average Bonchev–Trinajstić information content (AvgIpc) is 2.32. The van der Waals surface area contributed by atoms with Gasteiger partial charge in [0.15, 0.2) is 0 Å². The molecule has 0 amide bonds. The summed E-state index contributed by atoms with van der Waals surface area (Å²) in [6.07, 6.45) is 5.08. The van der Waals surface area contributed by atoms with Gasteiger partial charge < -0.3 is 10.0 Å². The quantitative estimate of drug-likeness (QED) is 0.824. The van der Waals surface area contributed by atoms with Crippen molar-refractivity contribution in [2.24, 2.45) is 5.92 Å². The molecule has 0 aromatic carbocycles. The molecule has 1 N–H and O–H groups in total. The van der Waals surface area contributed by atoms with Crippen molar-refractivity contribution in [2.75, 3.05) is 24.6 Å². The van der Waals surface area contributed by atoms with Crippen molar-refractivity contribution in [3.8, 4) is 0 Å². The summed E-state index contributed by atoms with van der Waals surface area (Å²) in [6, 6.07) is 3.85. The fourth-order valence-electron chi connectivity index (χ4n) is 2.22. The first-order valence-corrected chi connectivity index (χ1v) is 6.15. The van der Waals surface area contributed by atoms with Gasteiger partial charge in [0.1, 0.15) is 5.15 Å². The van der Waals surface area contributed by atoms with Crippen LogP contribution < -0.4 is 4.90 Å². The Hall–Kier alpha value is -0.800. The van der Waals surface area contributed by atoms with E-state index >= 15 is 0 Å². The van der Waals surface area contributed by atoms with Gasteiger partial charge in [-0.15, -0.1) is 0 Å². The third kappa shape index (κ3) is 2.86. The normalized spacial score (nSPS) is 17.8. The van der Waals surface area contributed by atoms with Gasteiger partial charge in [0.25, 0.3) is 0 Å². The maximum absolute atomic E-state index is 8.89. The van der Waals surface area contributed by atoms with Crippen LogP contribution in [0.5, 0.6) is 0 Å². The Labute approximate surface area is 101 Å². The van der Waals surface area contributed by atoms with Crippen LogP contribution in [0.25, 0.3) is 0 Å². The first-order chi connectivity index (χ1) is 7.79. The van der Waals surface area contributed by atoms with Gasteiger partial charge in [-0.25, -0.2) is 4.98 Å². The van der Waals surface area contributed by atoms with Gasteiger partial charge in [0.2, 0.25) is 0 Å². The highest BCUT2D eigenvalue weighted by molar-refractivity contribution is 6.29. The summed E-state index contributed by atoms with van der Waals surface area (Å²) < 4.78 is 0. The third-order valence-corrected chi connectivity index (χ3v) is 3.45. The van der Waals surface area contributed by atoms with Crippen LogP contribution in [0.15, 0.2) is 18.3 Å². The second-order valence-corrected chi connectivity index (χ2v) is 4.67. The number of nitrogens with zero attached hydrogens (tertiary/aromatic N) is 2. The van der Waals surface area contributed by atoms with E-state index in [1.54, 1.807) is 0 Å². The molecule has 16 heavy (non-hydrogen) atoms. The van der Waals surface area contributed by atoms with E-state index in [2.05, 4.69) is 9.88 Å². The van der Waals surface area contributed by atoms with Crippen molar-refractivity contribution in [1.29, 1.82) is 0 Å². The summed E-state index contributed by atoms with van der Waals surface area (Å²) in [5, 5.41) is 9.43. The minimum atomic E-state index is 0.313. The zero-order valence-corrected chi connectivity index (χ0v) is 10.0. The predicted octanol–water partition coefficient (Wildman–Crippen LogP) is 2.33. The molecule has 1 fully saturated rings. The van der Waals surface area contributed by atoms with Gasteiger partial charge in [-0.2, -0.15) is 0 Å². The van der Waals surface area contributed by atoms with E-state index in [0.29, 0.717) is 17.7 Å². The monoisotopic (exact) mass is 240 g/mol. The zero-order valence-electron chi connectivity index (χ0n) is 9.27. The van der Waals surface area contributed by atoms with Gasteiger partial charge in [-0.05, 0) is 37.3 Å². The summed E-state index contributed by atoms with van der Waals surface area (Å²) >= 11 is 5.76. The number of aliphatic hydroxyl groups excluding tert-OH is 1. The largest absolute Gasteiger partial charge is 0.396 e. The van der Waals surface area contributed by atoms with Gasteiger partial charge in [-0.3, -0.25) is 0 Å². The second-order valence-electron chi connectivity index (χ2n) is 4.28. The van der Waals surface area contributed by atoms with Crippen molar-refractivity contribution >= 4 is 17.3 Å². The van der Waals surface area contributed by atoms with Crippen LogP contribution in [0.3, 0.4) is 0 Å². The Bertz CT molecular complexity index is 320. The van der Waals surface area contributed by atoms with E-state index in [0.717, 1.165) is 38.0 Å². The number of anilines is 1. The molecule has 2 rings (SSSR count). The molecule has 1 aliphatic rings. The molecule has 0 radical (unpaired) electrons. The van der Waals surface area contributed by atoms with Crippen molar-refractivity contribution in [1.82, 2.24) is 4.98 Å². The van der Waals surface area contributed by atoms with Crippen LogP contribution in [0.4, 0.5) is 5.69 Å². The number of aromatic nitrogens is 1. The maximum atomic E-state index is 8.89. The smallest absolute Gasteiger partial charge is 0.129 e. The van der Waals surface area contributed by atoms with Crippen molar-refractivity contribution in [3.63, 3.8) is 0 Å². The van der Waals surface area contributed by atoms with Crippen LogP contribution in [0.1, 0.15) is 19.3 Å². The van der Waals surface area contributed by atoms with E-state index < -0.39 is 0 Å². The molecular formula is C12H17ClN2O. The van der Waals surface area contributed by atoms with Crippen LogP contribution in [0, 0.1) is 5.92 Å². The Kier molecular flexibility index (Phi) is 4.02. The Balaban J connectivity index is 1.91. The summed E-state index contributed by atoms with van der Waals surface area (Å²) in [5.41, 5.74) is 1.15. The molecule has 0 bridgehead atoms. The summed E-state index contributed by atoms with van der Waals surface area (Å²) in [6.45, 7) is 2.41. The molecule has 0 saturated carbocycles. The number of aliphatic hydroxyl groups is 1. The van der Waals surface area contributed by atoms with Crippen LogP contribution >= 0.6 is 11.6 Å². The molecule has 0 atom stereocenters. The number of pyridine rings is 1. The Morgan fingerprint density at radius 3 is 2.69 bits per heavy atom. The predicted molar refractivity (Wildman–Crippen MR) is 65.9 cm³/mol. The van der Waals surface area contributed by atoms with Gasteiger partial charge >= 0.3 is 0 Å². The standard InChI is InChI=1S/C12H17ClN2O/c13-12-2-1-11(9-14-12)15-6-3-10(4-7-15)5-8-16/h1-2,9-10,16H,3-8H2. The van der Waals surface area contributed by atoms with Crippen LogP contribution in [-0.2, 0) is 0 Å². The highest BCUT2D eigenvalue weighted by Crippen LogP contribution is 2.24. The molecule has 4 heteroatoms. The number of rotatable bonds is 3. The fraction of sp³-hybridized carbons (Fsp3) is 0.583. The molecule has 1 saturated heterocycles. The molecule has 88 valence electrons. The maximum Gasteiger partial charge on any atom is 0.129 e. The molecule has 2 heterocycles. The fourth-order valence-corrected chi connectivity index (χ4v) is 2.33. The van der Waals surface area contributed by atoms with Crippen molar-refractivity contribution in [3.05, 3.63) is 23.5 Å². The lowest BCUT2D eigenvalue weighted by Gasteiger charge is -2.33. The molecule has 1 aliphatic heterocycles. The lowest BCUT2D eigenvalue weighted by atomic mass is 9.94. The van der Waals surface area contributed by atoms with Crippen molar-refractivity contribution < 1.29 is 5.11 Å². The van der Waals surface area contributed by atoms with Crippen LogP contribution in [-0.4, -0.2) is 29.8 Å². The second kappa shape index (κ2) is 5.51. The van der Waals surface area contributed by atoms with Crippen molar-refractivity contribution in [2.45, 2.75) is 19.3 Å². The summed E-state index contributed by atoms with van der Waals surface area (Å²) in [7, 11) is 0. The highest BCUT2D eigenvalue weighted by atomic mass is 35.5. The van der Waals surface area contributed by atoms with E-state index in [-0.39, 0.29) is 0 Å². The van der Waals surface area contributed by atoms with Gasteiger partial charge in [0.05, 0.1) is 11.9 Å². The van der Waals surface area contributed by atoms with E-state index in [1.165, 1.54) is 0 Å². The average molecular weight is 241 g/mol. The molecule has 3 nitrogen and oxygen atoms in total. The number of hydrogen-bond donors (Lipinski definition) is 1. The third-order valence-electron chi connectivity index (χ3n) is 3.23. The number of hydrogen-bond acceptors (Lipinski definition) is 3. The van der Waals surface area contributed by atoms with E-state index in [1.807, 2.05) is 18.3 Å². The Morgan fingerprint density at radius 2 is 2.12 bits per heavy atom. The van der Waals surface area contributed by atoms with E-state index in [4.69, 9.17) is 16.7 Å². The highest BCUT2D eigenvalue weighted by Gasteiger charge is 2.18. The Morgan fingerprint density at radius 1 is 1.38 bits per heavy atom. The first kappa shape index (κ1) is 11.7. The lowest BCUT2D eigenvalue weighted by molar-refractivity contribution is 0.240. The van der Waals surface area contributed by atoms with Gasteiger partial charge in [0, 0.05) is 19.7 Å². The van der Waals surface area contributed by atoms with Gasteiger partial charge in [-0.1, -0.05) is 11.6 Å². The van der Waals surface area contributed by atoms with E-state index in [9.17, 15) is 0 Å². The molecule has 1 aromatic heterocycles. The number of piperidine rings is 1. The zero-order chi connectivity index (χ0) is 11.4. The number of halogens is 1. The molecule has 0 spiro atoms. The first-order valence-electron chi connectivity index (χ1n) is 5.77. The molecule has 1 aromatic rings. The summed E-state index contributed by atoms with van der Waals surface area (Å²) in [5.74, 6) is 0.682. The van der Waals surface area contributed by atoms with Crippen LogP contribution in [0.2, 0.25) is 5.15 Å². The molecular weight excluding hydrogens is 224 g/mol. The molecule has 0 unspecified atom stereocenters. The summed E-state index contributed by atoms with van der Waals surface area (Å²) in [4.78, 5) is 6.42.